The van der Waals surface area contributed by atoms with E-state index in [4.69, 9.17) is 5.41 Å². The van der Waals surface area contributed by atoms with Crippen molar-refractivity contribution in [2.24, 2.45) is 17.3 Å². The van der Waals surface area contributed by atoms with Gasteiger partial charge >= 0.3 is 0 Å². The molecule has 126 valence electrons. The second kappa shape index (κ2) is 6.45. The number of nitrogens with one attached hydrogen (secondary N) is 1. The molecule has 5 nitrogen and oxygen atoms in total. The van der Waals surface area contributed by atoms with Gasteiger partial charge < -0.3 is 5.41 Å². The van der Waals surface area contributed by atoms with Crippen LogP contribution in [0.15, 0.2) is 28.5 Å². The van der Waals surface area contributed by atoms with Crippen LogP contribution in [0.25, 0.3) is 0 Å². The number of hydrogen-bond acceptors (Lipinski definition) is 6. The van der Waals surface area contributed by atoms with E-state index in [1.807, 2.05) is 22.9 Å². The lowest BCUT2D eigenvalue weighted by atomic mass is 9.54. The molecule has 1 fully saturated rings. The first-order valence-electron chi connectivity index (χ1n) is 8.27. The molecule has 3 rings (SSSR count). The van der Waals surface area contributed by atoms with Crippen molar-refractivity contribution in [1.29, 1.82) is 21.2 Å². The molecule has 1 aromatic rings. The van der Waals surface area contributed by atoms with Gasteiger partial charge in [0.2, 0.25) is 0 Å². The smallest absolute Gasteiger partial charge is 0.189 e. The monoisotopic (exact) mass is 349 g/mol. The fourth-order valence-corrected chi connectivity index (χ4v) is 4.78. The number of nitriles is 3. The number of nitrogens with zero attached hydrogens (tertiary/aromatic N) is 4. The first-order valence-corrected chi connectivity index (χ1v) is 9.21. The highest BCUT2D eigenvalue weighted by Gasteiger charge is 2.57. The molecule has 0 bridgehead atoms. The zero-order valence-electron chi connectivity index (χ0n) is 14.2. The fourth-order valence-electron chi connectivity index (χ4n) is 4.08. The molecule has 0 aromatic carbocycles. The van der Waals surface area contributed by atoms with E-state index in [1.54, 1.807) is 0 Å². The number of hydrogen-bond donors (Lipinski definition) is 1. The molecule has 1 aliphatic carbocycles. The van der Waals surface area contributed by atoms with Crippen molar-refractivity contribution < 1.29 is 0 Å². The number of rotatable bonds is 2. The molecule has 1 aliphatic heterocycles. The highest BCUT2D eigenvalue weighted by molar-refractivity contribution is 7.08. The van der Waals surface area contributed by atoms with Crippen LogP contribution >= 0.6 is 11.3 Å². The molecule has 1 saturated carbocycles. The molecular weight excluding hydrogens is 330 g/mol. The lowest BCUT2D eigenvalue weighted by Gasteiger charge is -2.48. The van der Waals surface area contributed by atoms with Gasteiger partial charge in [0, 0.05) is 31.0 Å². The highest BCUT2D eigenvalue weighted by Crippen LogP contribution is 2.53. The van der Waals surface area contributed by atoms with Crippen LogP contribution in [0.1, 0.15) is 25.3 Å². The fraction of sp³-hybridized carbons (Fsp3) is 0.474. The van der Waals surface area contributed by atoms with E-state index in [-0.39, 0.29) is 11.6 Å². The maximum absolute atomic E-state index is 9.91. The largest absolute Gasteiger partial charge is 0.305 e. The van der Waals surface area contributed by atoms with E-state index in [0.717, 1.165) is 17.7 Å². The Morgan fingerprint density at radius 3 is 2.56 bits per heavy atom. The van der Waals surface area contributed by atoms with Crippen LogP contribution in [0.3, 0.4) is 0 Å². The standard InChI is InChI=1S/C19H19N5S/c1-12(2)24-5-3-14-15(7-20)18(23)19(10-21,11-22)17(16(14)8-24)13-4-6-25-9-13/h3-4,6,9,12,15-17,23H,5,8H2,1-2H3. The third-order valence-corrected chi connectivity index (χ3v) is 6.15. The van der Waals surface area contributed by atoms with Crippen molar-refractivity contribution >= 4 is 17.0 Å². The summed E-state index contributed by atoms with van der Waals surface area (Å²) in [5, 5.41) is 41.9. The topological polar surface area (TPSA) is 98.5 Å². The van der Waals surface area contributed by atoms with E-state index < -0.39 is 17.3 Å². The molecular formula is C19H19N5S. The van der Waals surface area contributed by atoms with Crippen LogP contribution in [0, 0.1) is 56.7 Å². The van der Waals surface area contributed by atoms with Crippen LogP contribution in [-0.4, -0.2) is 29.7 Å². The average molecular weight is 349 g/mol. The number of fused-ring (bicyclic) bond motifs is 1. The first-order chi connectivity index (χ1) is 12.0. The Labute approximate surface area is 151 Å². The Bertz CT molecular complexity index is 817. The van der Waals surface area contributed by atoms with E-state index >= 15 is 0 Å². The van der Waals surface area contributed by atoms with E-state index in [9.17, 15) is 15.8 Å². The zero-order valence-corrected chi connectivity index (χ0v) is 15.0. The highest BCUT2D eigenvalue weighted by atomic mass is 32.1. The van der Waals surface area contributed by atoms with Gasteiger partial charge in [-0.25, -0.2) is 0 Å². The lowest BCUT2D eigenvalue weighted by molar-refractivity contribution is 0.171. The minimum Gasteiger partial charge on any atom is -0.305 e. The molecule has 6 heteroatoms. The minimum absolute atomic E-state index is 0.0725. The van der Waals surface area contributed by atoms with Gasteiger partial charge in [0.1, 0.15) is 5.92 Å². The first kappa shape index (κ1) is 17.4. The van der Waals surface area contributed by atoms with Crippen molar-refractivity contribution in [3.63, 3.8) is 0 Å². The molecule has 2 aliphatic rings. The van der Waals surface area contributed by atoms with Crippen LogP contribution in [-0.2, 0) is 0 Å². The predicted octanol–water partition coefficient (Wildman–Crippen LogP) is 3.31. The molecule has 2 heterocycles. The maximum Gasteiger partial charge on any atom is 0.189 e. The molecule has 25 heavy (non-hydrogen) atoms. The predicted molar refractivity (Wildman–Crippen MR) is 95.8 cm³/mol. The zero-order chi connectivity index (χ0) is 18.2. The third-order valence-electron chi connectivity index (χ3n) is 5.45. The Balaban J connectivity index is 2.21. The van der Waals surface area contributed by atoms with Crippen LogP contribution < -0.4 is 0 Å². The summed E-state index contributed by atoms with van der Waals surface area (Å²) in [7, 11) is 0. The summed E-state index contributed by atoms with van der Waals surface area (Å²) < 4.78 is 0. The van der Waals surface area contributed by atoms with Crippen molar-refractivity contribution in [1.82, 2.24) is 4.90 Å². The van der Waals surface area contributed by atoms with Crippen LogP contribution in [0.4, 0.5) is 0 Å². The van der Waals surface area contributed by atoms with Gasteiger partial charge in [-0.15, -0.1) is 0 Å². The quantitative estimate of drug-likeness (QED) is 0.828. The summed E-state index contributed by atoms with van der Waals surface area (Å²) in [5.74, 6) is -1.31. The summed E-state index contributed by atoms with van der Waals surface area (Å²) in [6.07, 6.45) is 2.04. The SMILES string of the molecule is CC(C)N1CC=C2C(C#N)C(=N)C(C#N)(C#N)C(c3ccsc3)C2C1. The molecule has 0 radical (unpaired) electrons. The second-order valence-electron chi connectivity index (χ2n) is 6.90. The van der Waals surface area contributed by atoms with Gasteiger partial charge in [0.25, 0.3) is 0 Å². The summed E-state index contributed by atoms with van der Waals surface area (Å²) in [6, 6.07) is 8.68. The Morgan fingerprint density at radius 1 is 1.32 bits per heavy atom. The maximum atomic E-state index is 9.91. The summed E-state index contributed by atoms with van der Waals surface area (Å²) in [6.45, 7) is 5.66. The van der Waals surface area contributed by atoms with E-state index in [1.165, 1.54) is 11.3 Å². The Hall–Kier alpha value is -2.46. The van der Waals surface area contributed by atoms with Gasteiger partial charge in [-0.05, 0) is 41.8 Å². The van der Waals surface area contributed by atoms with Crippen molar-refractivity contribution in [3.8, 4) is 18.2 Å². The van der Waals surface area contributed by atoms with E-state index in [2.05, 4.69) is 37.0 Å². The second-order valence-corrected chi connectivity index (χ2v) is 7.68. The van der Waals surface area contributed by atoms with Gasteiger partial charge in [-0.3, -0.25) is 4.90 Å². The van der Waals surface area contributed by atoms with Gasteiger partial charge in [0.15, 0.2) is 5.41 Å². The van der Waals surface area contributed by atoms with Crippen molar-refractivity contribution in [3.05, 3.63) is 34.0 Å². The Kier molecular flexibility index (Phi) is 4.48. The Morgan fingerprint density at radius 2 is 2.04 bits per heavy atom. The molecule has 0 amide bonds. The third kappa shape index (κ3) is 2.48. The molecule has 0 spiro atoms. The van der Waals surface area contributed by atoms with Gasteiger partial charge in [0.05, 0.1) is 23.9 Å². The average Bonchev–Trinajstić information content (AvgIpc) is 3.14. The molecule has 1 N–H and O–H groups in total. The summed E-state index contributed by atoms with van der Waals surface area (Å²) in [5.41, 5.74) is 0.151. The molecule has 3 atom stereocenters. The minimum atomic E-state index is -1.59. The van der Waals surface area contributed by atoms with E-state index in [0.29, 0.717) is 12.6 Å². The van der Waals surface area contributed by atoms with Gasteiger partial charge in [-0.1, -0.05) is 6.08 Å². The summed E-state index contributed by atoms with van der Waals surface area (Å²) >= 11 is 1.52. The normalized spacial score (nSPS) is 28.4. The molecule has 1 aromatic heterocycles. The van der Waals surface area contributed by atoms with Crippen molar-refractivity contribution in [2.45, 2.75) is 25.8 Å². The molecule has 0 saturated heterocycles. The van der Waals surface area contributed by atoms with Crippen molar-refractivity contribution in [2.75, 3.05) is 13.1 Å². The van der Waals surface area contributed by atoms with Gasteiger partial charge in [-0.2, -0.15) is 27.1 Å². The number of thiophene rings is 1. The summed E-state index contributed by atoms with van der Waals surface area (Å²) in [4.78, 5) is 2.29. The molecule has 3 unspecified atom stereocenters. The lowest BCUT2D eigenvalue weighted by Crippen LogP contribution is -2.53. The van der Waals surface area contributed by atoms with Crippen LogP contribution in [0.5, 0.6) is 0 Å². The van der Waals surface area contributed by atoms with Crippen LogP contribution in [0.2, 0.25) is 0 Å².